The highest BCUT2D eigenvalue weighted by atomic mass is 19.1. The van der Waals surface area contributed by atoms with Crippen LogP contribution >= 0.6 is 0 Å². The van der Waals surface area contributed by atoms with E-state index >= 15 is 0 Å². The van der Waals surface area contributed by atoms with E-state index in [1.807, 2.05) is 0 Å². The first-order valence-electron chi connectivity index (χ1n) is 8.21. The molecule has 1 aromatic carbocycles. The maximum Gasteiger partial charge on any atom is 0.328 e. The average molecular weight is 321 g/mol. The second-order valence-corrected chi connectivity index (χ2v) is 6.17. The summed E-state index contributed by atoms with van der Waals surface area (Å²) in [6.45, 7) is 5.47. The zero-order chi connectivity index (χ0) is 16.4. The predicted molar refractivity (Wildman–Crippen MR) is 88.1 cm³/mol. The Bertz CT molecular complexity index is 618. The number of amides is 3. The van der Waals surface area contributed by atoms with Gasteiger partial charge in [-0.15, -0.1) is 0 Å². The first-order chi connectivity index (χ1) is 11.1. The maximum atomic E-state index is 14.5. The Morgan fingerprint density at radius 3 is 2.61 bits per heavy atom. The fourth-order valence-electron chi connectivity index (χ4n) is 3.39. The molecule has 0 radical (unpaired) electrons. The highest BCUT2D eigenvalue weighted by Crippen LogP contribution is 2.32. The van der Waals surface area contributed by atoms with Crippen LogP contribution in [0.4, 0.5) is 14.9 Å². The topological polar surface area (TPSA) is 52.6 Å². The third-order valence-corrected chi connectivity index (χ3v) is 4.82. The van der Waals surface area contributed by atoms with Crippen molar-refractivity contribution in [1.29, 1.82) is 0 Å². The quantitative estimate of drug-likeness (QED) is 0.931. The Balaban J connectivity index is 0.00000208. The SMILES string of the molecule is CCN1CCC(c2ccc(N3CCC(=O)NC3=O)cc2F)CC1.[HH]. The first-order valence-corrected chi connectivity index (χ1v) is 8.21. The van der Waals surface area contributed by atoms with Crippen LogP contribution in [0.15, 0.2) is 18.2 Å². The Labute approximate surface area is 136 Å². The molecule has 23 heavy (non-hydrogen) atoms. The van der Waals surface area contributed by atoms with Gasteiger partial charge in [0.15, 0.2) is 0 Å². The lowest BCUT2D eigenvalue weighted by Gasteiger charge is -2.32. The lowest BCUT2D eigenvalue weighted by Crippen LogP contribution is -2.49. The van der Waals surface area contributed by atoms with Crippen LogP contribution in [0.25, 0.3) is 0 Å². The van der Waals surface area contributed by atoms with Gasteiger partial charge in [0.2, 0.25) is 5.91 Å². The van der Waals surface area contributed by atoms with Crippen molar-refractivity contribution in [3.05, 3.63) is 29.6 Å². The van der Waals surface area contributed by atoms with Gasteiger partial charge in [-0.2, -0.15) is 0 Å². The van der Waals surface area contributed by atoms with Gasteiger partial charge in [0.25, 0.3) is 0 Å². The van der Waals surface area contributed by atoms with Crippen molar-refractivity contribution in [1.82, 2.24) is 10.2 Å². The number of imide groups is 1. The zero-order valence-electron chi connectivity index (χ0n) is 13.3. The Hall–Kier alpha value is -1.95. The summed E-state index contributed by atoms with van der Waals surface area (Å²) in [5.74, 6) is -0.309. The van der Waals surface area contributed by atoms with E-state index in [1.54, 1.807) is 12.1 Å². The summed E-state index contributed by atoms with van der Waals surface area (Å²) in [6.07, 6.45) is 2.16. The Morgan fingerprint density at radius 1 is 1.26 bits per heavy atom. The molecule has 0 atom stereocenters. The van der Waals surface area contributed by atoms with E-state index in [0.717, 1.165) is 38.0 Å². The van der Waals surface area contributed by atoms with Gasteiger partial charge in [0.05, 0.1) is 0 Å². The van der Waals surface area contributed by atoms with Crippen LogP contribution in [-0.4, -0.2) is 43.0 Å². The van der Waals surface area contributed by atoms with Gasteiger partial charge in [0.1, 0.15) is 5.82 Å². The number of anilines is 1. The van der Waals surface area contributed by atoms with E-state index in [9.17, 15) is 14.0 Å². The van der Waals surface area contributed by atoms with Crippen molar-refractivity contribution >= 4 is 17.6 Å². The molecule has 2 aliphatic rings. The molecule has 0 saturated carbocycles. The standard InChI is InChI=1S/C17H22FN3O2.H2/c1-2-20-8-5-12(6-9-20)14-4-3-13(11-15(14)18)21-10-7-16(22)19-17(21)23;/h3-4,11-12H,2,5-10H2,1H3,(H,19,22,23);1H. The van der Waals surface area contributed by atoms with Gasteiger partial charge >= 0.3 is 6.03 Å². The molecular weight excluding hydrogens is 297 g/mol. The van der Waals surface area contributed by atoms with Gasteiger partial charge in [-0.05, 0) is 56.1 Å². The van der Waals surface area contributed by atoms with Gasteiger partial charge in [0, 0.05) is 20.1 Å². The number of rotatable bonds is 3. The molecule has 0 unspecified atom stereocenters. The fraction of sp³-hybridized carbons (Fsp3) is 0.529. The molecule has 126 valence electrons. The minimum atomic E-state index is -0.482. The number of hydrogen-bond donors (Lipinski definition) is 1. The van der Waals surface area contributed by atoms with Crippen molar-refractivity contribution in [2.45, 2.75) is 32.1 Å². The lowest BCUT2D eigenvalue weighted by molar-refractivity contribution is -0.120. The van der Waals surface area contributed by atoms with Crippen molar-refractivity contribution in [2.24, 2.45) is 0 Å². The van der Waals surface area contributed by atoms with Crippen LogP contribution in [0.1, 0.15) is 39.1 Å². The molecule has 1 N–H and O–H groups in total. The average Bonchev–Trinajstić information content (AvgIpc) is 2.55. The number of urea groups is 1. The molecule has 6 heteroatoms. The van der Waals surface area contributed by atoms with Crippen molar-refractivity contribution in [3.63, 3.8) is 0 Å². The Morgan fingerprint density at radius 2 is 2.00 bits per heavy atom. The summed E-state index contributed by atoms with van der Waals surface area (Å²) in [5, 5.41) is 2.26. The summed E-state index contributed by atoms with van der Waals surface area (Å²) in [6, 6.07) is 4.50. The van der Waals surface area contributed by atoms with E-state index in [4.69, 9.17) is 0 Å². The smallest absolute Gasteiger partial charge is 0.304 e. The molecule has 1 aromatic rings. The molecule has 2 fully saturated rings. The third-order valence-electron chi connectivity index (χ3n) is 4.82. The van der Waals surface area contributed by atoms with E-state index in [0.29, 0.717) is 12.2 Å². The highest BCUT2D eigenvalue weighted by molar-refractivity contribution is 6.05. The van der Waals surface area contributed by atoms with Gasteiger partial charge in [-0.1, -0.05) is 13.0 Å². The second-order valence-electron chi connectivity index (χ2n) is 6.17. The van der Waals surface area contributed by atoms with E-state index in [2.05, 4.69) is 17.1 Å². The van der Waals surface area contributed by atoms with E-state index < -0.39 is 6.03 Å². The van der Waals surface area contributed by atoms with Gasteiger partial charge < -0.3 is 4.90 Å². The van der Waals surface area contributed by atoms with Crippen LogP contribution < -0.4 is 10.2 Å². The minimum absolute atomic E-state index is 0. The number of piperidine rings is 1. The van der Waals surface area contributed by atoms with Crippen LogP contribution in [0.2, 0.25) is 0 Å². The van der Waals surface area contributed by atoms with Crippen molar-refractivity contribution < 1.29 is 15.4 Å². The minimum Gasteiger partial charge on any atom is -0.304 e. The van der Waals surface area contributed by atoms with Crippen LogP contribution in [0, 0.1) is 5.82 Å². The number of halogens is 1. The molecule has 2 aliphatic heterocycles. The van der Waals surface area contributed by atoms with Crippen molar-refractivity contribution in [3.8, 4) is 0 Å². The van der Waals surface area contributed by atoms with Crippen LogP contribution in [0.5, 0.6) is 0 Å². The number of nitrogens with zero attached hydrogens (tertiary/aromatic N) is 2. The zero-order valence-corrected chi connectivity index (χ0v) is 13.3. The molecule has 2 saturated heterocycles. The monoisotopic (exact) mass is 321 g/mol. The van der Waals surface area contributed by atoms with Crippen LogP contribution in [0.3, 0.4) is 0 Å². The Kier molecular flexibility index (Phi) is 4.61. The number of carbonyl (C=O) groups is 2. The highest BCUT2D eigenvalue weighted by Gasteiger charge is 2.26. The van der Waals surface area contributed by atoms with Gasteiger partial charge in [-0.3, -0.25) is 15.0 Å². The summed E-state index contributed by atoms with van der Waals surface area (Å²) in [7, 11) is 0. The molecule has 0 aromatic heterocycles. The summed E-state index contributed by atoms with van der Waals surface area (Å²) in [5.41, 5.74) is 1.24. The van der Waals surface area contributed by atoms with E-state index in [1.165, 1.54) is 11.0 Å². The molecule has 3 amide bonds. The predicted octanol–water partition coefficient (Wildman–Crippen LogP) is 2.72. The van der Waals surface area contributed by atoms with E-state index in [-0.39, 0.29) is 25.5 Å². The number of hydrogen-bond acceptors (Lipinski definition) is 3. The summed E-state index contributed by atoms with van der Waals surface area (Å²) in [4.78, 5) is 26.8. The molecule has 3 rings (SSSR count). The maximum absolute atomic E-state index is 14.5. The normalized spacial score (nSPS) is 20.7. The van der Waals surface area contributed by atoms with Gasteiger partial charge in [-0.25, -0.2) is 9.18 Å². The first kappa shape index (κ1) is 15.9. The third kappa shape index (κ3) is 3.37. The molecule has 2 heterocycles. The largest absolute Gasteiger partial charge is 0.328 e. The molecule has 0 spiro atoms. The fourth-order valence-corrected chi connectivity index (χ4v) is 3.39. The van der Waals surface area contributed by atoms with Crippen molar-refractivity contribution in [2.75, 3.05) is 31.1 Å². The number of likely N-dealkylation sites (tertiary alicyclic amines) is 1. The van der Waals surface area contributed by atoms with Crippen LogP contribution in [-0.2, 0) is 4.79 Å². The molecule has 5 nitrogen and oxygen atoms in total. The lowest BCUT2D eigenvalue weighted by atomic mass is 9.89. The molecule has 0 bridgehead atoms. The molecular formula is C17H24FN3O2. The number of benzene rings is 1. The number of carbonyl (C=O) groups excluding carboxylic acids is 2. The second kappa shape index (κ2) is 6.66. The molecule has 0 aliphatic carbocycles. The number of nitrogens with one attached hydrogen (secondary N) is 1. The summed E-state index contributed by atoms with van der Waals surface area (Å²) < 4.78 is 14.5. The summed E-state index contributed by atoms with van der Waals surface area (Å²) >= 11 is 0.